The van der Waals surface area contributed by atoms with Crippen LogP contribution in [0.2, 0.25) is 0 Å². The number of amides is 1. The summed E-state index contributed by atoms with van der Waals surface area (Å²) in [7, 11) is 0. The van der Waals surface area contributed by atoms with Gasteiger partial charge in [0.05, 0.1) is 6.42 Å². The first-order valence-electron chi connectivity index (χ1n) is 6.15. The second kappa shape index (κ2) is 6.87. The SMILES string of the molecule is CC(CC(=O)O)NC(=O)CC(C)c1ccc(F)cc1. The van der Waals surface area contributed by atoms with Gasteiger partial charge in [0.15, 0.2) is 0 Å². The van der Waals surface area contributed by atoms with Crippen molar-refractivity contribution in [3.05, 3.63) is 35.6 Å². The number of carboxylic acids is 1. The van der Waals surface area contributed by atoms with Crippen molar-refractivity contribution in [2.24, 2.45) is 0 Å². The summed E-state index contributed by atoms with van der Waals surface area (Å²) in [6, 6.07) is 5.61. The van der Waals surface area contributed by atoms with Crippen LogP contribution in [0.15, 0.2) is 24.3 Å². The second-order valence-electron chi connectivity index (χ2n) is 4.72. The van der Waals surface area contributed by atoms with Crippen LogP contribution in [0.5, 0.6) is 0 Å². The molecule has 1 aromatic carbocycles. The van der Waals surface area contributed by atoms with Gasteiger partial charge >= 0.3 is 5.97 Å². The highest BCUT2D eigenvalue weighted by Gasteiger charge is 2.14. The average Bonchev–Trinajstić information content (AvgIpc) is 2.27. The Balaban J connectivity index is 2.47. The number of nitrogens with one attached hydrogen (secondary N) is 1. The van der Waals surface area contributed by atoms with Crippen LogP contribution < -0.4 is 5.32 Å². The number of rotatable bonds is 6. The van der Waals surface area contributed by atoms with Gasteiger partial charge in [0.1, 0.15) is 5.82 Å². The first-order valence-corrected chi connectivity index (χ1v) is 6.15. The molecule has 19 heavy (non-hydrogen) atoms. The molecule has 0 bridgehead atoms. The standard InChI is InChI=1S/C14H18FNO3/c1-9(11-3-5-12(15)6-4-11)7-13(17)16-10(2)8-14(18)19/h3-6,9-10H,7-8H2,1-2H3,(H,16,17)(H,18,19). The van der Waals surface area contributed by atoms with Crippen LogP contribution in [0.25, 0.3) is 0 Å². The molecular weight excluding hydrogens is 249 g/mol. The van der Waals surface area contributed by atoms with Gasteiger partial charge in [-0.1, -0.05) is 19.1 Å². The molecule has 0 aliphatic rings. The Morgan fingerprint density at radius 1 is 1.21 bits per heavy atom. The van der Waals surface area contributed by atoms with Gasteiger partial charge < -0.3 is 10.4 Å². The van der Waals surface area contributed by atoms with Crippen LogP contribution in [0.1, 0.15) is 38.2 Å². The van der Waals surface area contributed by atoms with Crippen LogP contribution in [-0.2, 0) is 9.59 Å². The lowest BCUT2D eigenvalue weighted by molar-refractivity contribution is -0.137. The maximum atomic E-state index is 12.8. The monoisotopic (exact) mass is 267 g/mol. The summed E-state index contributed by atoms with van der Waals surface area (Å²) in [5, 5.41) is 11.2. The van der Waals surface area contributed by atoms with E-state index < -0.39 is 12.0 Å². The molecular formula is C14H18FNO3. The molecule has 0 saturated heterocycles. The highest BCUT2D eigenvalue weighted by atomic mass is 19.1. The highest BCUT2D eigenvalue weighted by Crippen LogP contribution is 2.19. The Morgan fingerprint density at radius 2 is 1.79 bits per heavy atom. The van der Waals surface area contributed by atoms with E-state index in [2.05, 4.69) is 5.32 Å². The Morgan fingerprint density at radius 3 is 2.32 bits per heavy atom. The maximum absolute atomic E-state index is 12.8. The Hall–Kier alpha value is -1.91. The molecule has 0 aliphatic carbocycles. The van der Waals surface area contributed by atoms with Crippen LogP contribution in [0.3, 0.4) is 0 Å². The highest BCUT2D eigenvalue weighted by molar-refractivity contribution is 5.78. The second-order valence-corrected chi connectivity index (χ2v) is 4.72. The minimum Gasteiger partial charge on any atom is -0.481 e. The lowest BCUT2D eigenvalue weighted by Gasteiger charge is -2.15. The van der Waals surface area contributed by atoms with E-state index in [0.717, 1.165) is 5.56 Å². The van der Waals surface area contributed by atoms with Crippen molar-refractivity contribution in [1.82, 2.24) is 5.32 Å². The number of carbonyl (C=O) groups is 2. The molecule has 1 amide bonds. The summed E-state index contributed by atoms with van der Waals surface area (Å²) in [4.78, 5) is 22.2. The van der Waals surface area contributed by atoms with Crippen molar-refractivity contribution in [2.45, 2.75) is 38.6 Å². The fraction of sp³-hybridized carbons (Fsp3) is 0.429. The van der Waals surface area contributed by atoms with Crippen LogP contribution >= 0.6 is 0 Å². The quantitative estimate of drug-likeness (QED) is 0.831. The first kappa shape index (κ1) is 15.1. The summed E-state index contributed by atoms with van der Waals surface area (Å²) in [6.07, 6.45) is 0.145. The van der Waals surface area contributed by atoms with Gasteiger partial charge in [0.2, 0.25) is 5.91 Å². The molecule has 0 saturated carbocycles. The van der Waals surface area contributed by atoms with E-state index >= 15 is 0 Å². The van der Waals surface area contributed by atoms with Gasteiger partial charge in [0, 0.05) is 12.5 Å². The average molecular weight is 267 g/mol. The molecule has 2 unspecified atom stereocenters. The van der Waals surface area contributed by atoms with Crippen molar-refractivity contribution in [2.75, 3.05) is 0 Å². The van der Waals surface area contributed by atoms with Crippen molar-refractivity contribution >= 4 is 11.9 Å². The van der Waals surface area contributed by atoms with Gasteiger partial charge in [-0.2, -0.15) is 0 Å². The zero-order chi connectivity index (χ0) is 14.4. The molecule has 2 N–H and O–H groups in total. The third kappa shape index (κ3) is 5.50. The number of aliphatic carboxylic acids is 1. The molecule has 0 heterocycles. The Labute approximate surface area is 111 Å². The molecule has 1 aromatic rings. The summed E-state index contributed by atoms with van der Waals surface area (Å²) in [5.74, 6) is -1.50. The molecule has 0 radical (unpaired) electrons. The van der Waals surface area contributed by atoms with Crippen LogP contribution in [0, 0.1) is 5.82 Å². The van der Waals surface area contributed by atoms with E-state index in [4.69, 9.17) is 5.11 Å². The molecule has 4 nitrogen and oxygen atoms in total. The third-order valence-electron chi connectivity index (χ3n) is 2.82. The van der Waals surface area contributed by atoms with Gasteiger partial charge in [-0.05, 0) is 30.5 Å². The number of hydrogen-bond acceptors (Lipinski definition) is 2. The summed E-state index contributed by atoms with van der Waals surface area (Å²) >= 11 is 0. The van der Waals surface area contributed by atoms with Gasteiger partial charge in [-0.3, -0.25) is 9.59 Å². The largest absolute Gasteiger partial charge is 0.481 e. The molecule has 1 rings (SSSR count). The van der Waals surface area contributed by atoms with Crippen molar-refractivity contribution in [3.8, 4) is 0 Å². The summed E-state index contributed by atoms with van der Waals surface area (Å²) in [6.45, 7) is 3.52. The zero-order valence-electron chi connectivity index (χ0n) is 11.0. The zero-order valence-corrected chi connectivity index (χ0v) is 11.0. The van der Waals surface area contributed by atoms with Gasteiger partial charge in [-0.15, -0.1) is 0 Å². The number of benzene rings is 1. The minimum atomic E-state index is -0.945. The number of hydrogen-bond donors (Lipinski definition) is 2. The molecule has 0 fully saturated rings. The maximum Gasteiger partial charge on any atom is 0.305 e. The third-order valence-corrected chi connectivity index (χ3v) is 2.82. The molecule has 104 valence electrons. The van der Waals surface area contributed by atoms with E-state index in [1.807, 2.05) is 6.92 Å². The van der Waals surface area contributed by atoms with Gasteiger partial charge in [0.25, 0.3) is 0 Å². The van der Waals surface area contributed by atoms with Crippen molar-refractivity contribution < 1.29 is 19.1 Å². The predicted octanol–water partition coefficient (Wildman–Crippen LogP) is 2.30. The minimum absolute atomic E-state index is 0.0439. The van der Waals surface area contributed by atoms with Crippen molar-refractivity contribution in [3.63, 3.8) is 0 Å². The fourth-order valence-electron chi connectivity index (χ4n) is 1.83. The lowest BCUT2D eigenvalue weighted by Crippen LogP contribution is -2.34. The van der Waals surface area contributed by atoms with Crippen LogP contribution in [-0.4, -0.2) is 23.0 Å². The van der Waals surface area contributed by atoms with E-state index in [1.165, 1.54) is 12.1 Å². The number of carbonyl (C=O) groups excluding carboxylic acids is 1. The number of halogens is 1. The fourth-order valence-corrected chi connectivity index (χ4v) is 1.83. The van der Waals surface area contributed by atoms with E-state index in [0.29, 0.717) is 0 Å². The van der Waals surface area contributed by atoms with Crippen LogP contribution in [0.4, 0.5) is 4.39 Å². The first-order chi connectivity index (χ1) is 8.88. The predicted molar refractivity (Wildman–Crippen MR) is 69.3 cm³/mol. The summed E-state index contributed by atoms with van der Waals surface area (Å²) in [5.41, 5.74) is 0.877. The lowest BCUT2D eigenvalue weighted by atomic mass is 9.97. The normalized spacial score (nSPS) is 13.6. The Bertz CT molecular complexity index is 445. The van der Waals surface area contributed by atoms with Gasteiger partial charge in [-0.25, -0.2) is 4.39 Å². The van der Waals surface area contributed by atoms with E-state index in [9.17, 15) is 14.0 Å². The molecule has 0 aliphatic heterocycles. The smallest absolute Gasteiger partial charge is 0.305 e. The molecule has 2 atom stereocenters. The topological polar surface area (TPSA) is 66.4 Å². The molecule has 0 spiro atoms. The van der Waals surface area contributed by atoms with E-state index in [-0.39, 0.29) is 30.5 Å². The molecule has 0 aromatic heterocycles. The number of carboxylic acid groups (broad SMARTS) is 1. The summed E-state index contributed by atoms with van der Waals surface area (Å²) < 4.78 is 12.8. The van der Waals surface area contributed by atoms with Crippen molar-refractivity contribution in [1.29, 1.82) is 0 Å². The Kier molecular flexibility index (Phi) is 5.48. The molecule has 5 heteroatoms. The van der Waals surface area contributed by atoms with E-state index in [1.54, 1.807) is 19.1 Å².